The Balaban J connectivity index is 1.72. The molecule has 3 rings (SSSR count). The molecule has 2 heterocycles. The van der Waals surface area contributed by atoms with Gasteiger partial charge >= 0.3 is 0 Å². The number of thioether (sulfide) groups is 1. The molecular weight excluding hydrogens is 338 g/mol. The number of nitriles is 1. The minimum absolute atomic E-state index is 0.0768. The van der Waals surface area contributed by atoms with Gasteiger partial charge in [-0.2, -0.15) is 5.26 Å². The number of fused-ring (bicyclic) bond motifs is 1. The van der Waals surface area contributed by atoms with Crippen LogP contribution in [0.5, 0.6) is 0 Å². The van der Waals surface area contributed by atoms with Crippen LogP contribution in [0.25, 0.3) is 22.4 Å². The van der Waals surface area contributed by atoms with Crippen LogP contribution in [0, 0.1) is 11.3 Å². The molecule has 0 aliphatic carbocycles. The number of H-pyrrole nitrogens is 1. The van der Waals surface area contributed by atoms with Gasteiger partial charge in [0.1, 0.15) is 0 Å². The third kappa shape index (κ3) is 3.67. The van der Waals surface area contributed by atoms with Crippen molar-refractivity contribution in [3.05, 3.63) is 30.5 Å². The van der Waals surface area contributed by atoms with Crippen molar-refractivity contribution in [3.8, 4) is 17.5 Å². The zero-order valence-electron chi connectivity index (χ0n) is 13.9. The van der Waals surface area contributed by atoms with E-state index in [1.54, 1.807) is 14.0 Å². The molecule has 8 heteroatoms. The maximum Gasteiger partial charge on any atom is 0.277 e. The fourth-order valence-electron chi connectivity index (χ4n) is 2.45. The van der Waals surface area contributed by atoms with Crippen molar-refractivity contribution in [2.24, 2.45) is 0 Å². The SMILES string of the molecule is C[C@H](Sc1nnc(-c2c[nH]c3ccccc23)o1)C(=O)N(C)CCC#N. The Kier molecular flexibility index (Phi) is 5.05. The highest BCUT2D eigenvalue weighted by atomic mass is 32.2. The highest BCUT2D eigenvalue weighted by Gasteiger charge is 2.22. The Morgan fingerprint density at radius 3 is 3.04 bits per heavy atom. The van der Waals surface area contributed by atoms with Crippen LogP contribution in [-0.4, -0.2) is 44.8 Å². The molecule has 0 radical (unpaired) electrons. The van der Waals surface area contributed by atoms with Gasteiger partial charge in [-0.1, -0.05) is 30.0 Å². The van der Waals surface area contributed by atoms with E-state index in [1.165, 1.54) is 16.7 Å². The Hall–Kier alpha value is -2.79. The van der Waals surface area contributed by atoms with Crippen LogP contribution >= 0.6 is 11.8 Å². The zero-order valence-corrected chi connectivity index (χ0v) is 14.7. The lowest BCUT2D eigenvalue weighted by Crippen LogP contribution is -2.33. The van der Waals surface area contributed by atoms with Crippen LogP contribution in [0.2, 0.25) is 0 Å². The van der Waals surface area contributed by atoms with Crippen molar-refractivity contribution in [2.45, 2.75) is 23.8 Å². The summed E-state index contributed by atoms with van der Waals surface area (Å²) in [5.41, 5.74) is 1.83. The summed E-state index contributed by atoms with van der Waals surface area (Å²) in [7, 11) is 1.68. The van der Waals surface area contributed by atoms with Crippen LogP contribution in [0.4, 0.5) is 0 Å². The maximum absolute atomic E-state index is 12.3. The third-order valence-electron chi connectivity index (χ3n) is 3.79. The van der Waals surface area contributed by atoms with Gasteiger partial charge in [0.2, 0.25) is 5.91 Å². The standard InChI is InChI=1S/C17H17N5O2S/c1-11(16(23)22(2)9-5-8-18)25-17-21-20-15(24-17)13-10-19-14-7-4-3-6-12(13)14/h3-4,6-7,10-11,19H,5,9H2,1-2H3/t11-/m0/s1. The second-order valence-electron chi connectivity index (χ2n) is 5.55. The summed E-state index contributed by atoms with van der Waals surface area (Å²) in [5.74, 6) is 0.338. The number of aromatic amines is 1. The number of hydrogen-bond donors (Lipinski definition) is 1. The fraction of sp³-hybridized carbons (Fsp3) is 0.294. The predicted octanol–water partition coefficient (Wildman–Crippen LogP) is 3.07. The van der Waals surface area contributed by atoms with E-state index in [1.807, 2.05) is 36.5 Å². The first kappa shape index (κ1) is 17.0. The summed E-state index contributed by atoms with van der Waals surface area (Å²) in [6.45, 7) is 2.19. The van der Waals surface area contributed by atoms with E-state index < -0.39 is 0 Å². The topological polar surface area (TPSA) is 98.8 Å². The van der Waals surface area contributed by atoms with Gasteiger partial charge in [0.25, 0.3) is 11.1 Å². The lowest BCUT2D eigenvalue weighted by molar-refractivity contribution is -0.128. The normalized spacial score (nSPS) is 12.0. The minimum atomic E-state index is -0.375. The molecule has 0 aliphatic heterocycles. The Labute approximate surface area is 149 Å². The average Bonchev–Trinajstić information content (AvgIpc) is 3.25. The van der Waals surface area contributed by atoms with Crippen molar-refractivity contribution >= 4 is 28.6 Å². The Morgan fingerprint density at radius 2 is 2.24 bits per heavy atom. The van der Waals surface area contributed by atoms with Crippen LogP contribution < -0.4 is 0 Å². The second kappa shape index (κ2) is 7.40. The summed E-state index contributed by atoms with van der Waals surface area (Å²) >= 11 is 1.21. The molecule has 0 saturated carbocycles. The van der Waals surface area contributed by atoms with Gasteiger partial charge in [0.15, 0.2) is 0 Å². The summed E-state index contributed by atoms with van der Waals surface area (Å²) in [6, 6.07) is 9.89. The molecule has 1 amide bonds. The lowest BCUT2D eigenvalue weighted by atomic mass is 10.2. The Bertz CT molecular complexity index is 926. The van der Waals surface area contributed by atoms with Gasteiger partial charge in [-0.3, -0.25) is 4.79 Å². The highest BCUT2D eigenvalue weighted by Crippen LogP contribution is 2.30. The summed E-state index contributed by atoms with van der Waals surface area (Å²) in [4.78, 5) is 17.0. The molecule has 25 heavy (non-hydrogen) atoms. The van der Waals surface area contributed by atoms with Gasteiger partial charge in [-0.15, -0.1) is 10.2 Å². The zero-order chi connectivity index (χ0) is 17.8. The number of carbonyl (C=O) groups excluding carboxylic acids is 1. The molecule has 1 atom stereocenters. The van der Waals surface area contributed by atoms with E-state index in [4.69, 9.17) is 9.68 Å². The van der Waals surface area contributed by atoms with Gasteiger partial charge < -0.3 is 14.3 Å². The monoisotopic (exact) mass is 355 g/mol. The first-order valence-electron chi connectivity index (χ1n) is 7.78. The summed E-state index contributed by atoms with van der Waals surface area (Å²) in [6.07, 6.45) is 2.14. The lowest BCUT2D eigenvalue weighted by Gasteiger charge is -2.18. The molecule has 3 aromatic rings. The van der Waals surface area contributed by atoms with Crippen molar-refractivity contribution in [1.29, 1.82) is 5.26 Å². The minimum Gasteiger partial charge on any atom is -0.411 e. The Morgan fingerprint density at radius 1 is 1.44 bits per heavy atom. The summed E-state index contributed by atoms with van der Waals surface area (Å²) in [5, 5.41) is 17.7. The first-order chi connectivity index (χ1) is 12.1. The molecule has 7 nitrogen and oxygen atoms in total. The van der Waals surface area contributed by atoms with E-state index in [2.05, 4.69) is 15.2 Å². The number of amides is 1. The van der Waals surface area contributed by atoms with Crippen molar-refractivity contribution in [3.63, 3.8) is 0 Å². The molecule has 1 N–H and O–H groups in total. The van der Waals surface area contributed by atoms with E-state index in [0.29, 0.717) is 24.1 Å². The first-order valence-corrected chi connectivity index (χ1v) is 8.66. The molecule has 0 spiro atoms. The van der Waals surface area contributed by atoms with E-state index in [0.717, 1.165) is 16.5 Å². The molecule has 0 unspecified atom stereocenters. The number of aromatic nitrogens is 3. The molecular formula is C17H17N5O2S. The van der Waals surface area contributed by atoms with E-state index in [9.17, 15) is 4.79 Å². The van der Waals surface area contributed by atoms with Gasteiger partial charge in [-0.25, -0.2) is 0 Å². The number of carbonyl (C=O) groups is 1. The molecule has 1 aromatic carbocycles. The molecule has 2 aromatic heterocycles. The van der Waals surface area contributed by atoms with Gasteiger partial charge in [0, 0.05) is 30.7 Å². The molecule has 0 aliphatic rings. The molecule has 0 fully saturated rings. The highest BCUT2D eigenvalue weighted by molar-refractivity contribution is 8.00. The third-order valence-corrected chi connectivity index (χ3v) is 4.71. The van der Waals surface area contributed by atoms with Gasteiger partial charge in [0.05, 0.1) is 23.3 Å². The number of para-hydroxylation sites is 1. The van der Waals surface area contributed by atoms with Crippen molar-refractivity contribution < 1.29 is 9.21 Å². The van der Waals surface area contributed by atoms with Crippen molar-refractivity contribution in [2.75, 3.05) is 13.6 Å². The maximum atomic E-state index is 12.3. The van der Waals surface area contributed by atoms with Crippen LogP contribution in [0.1, 0.15) is 13.3 Å². The smallest absolute Gasteiger partial charge is 0.277 e. The second-order valence-corrected chi connectivity index (χ2v) is 6.84. The largest absolute Gasteiger partial charge is 0.411 e. The quantitative estimate of drug-likeness (QED) is 0.682. The fourth-order valence-corrected chi connectivity index (χ4v) is 3.25. The van der Waals surface area contributed by atoms with Crippen LogP contribution in [-0.2, 0) is 4.79 Å². The van der Waals surface area contributed by atoms with Crippen LogP contribution in [0.15, 0.2) is 40.1 Å². The van der Waals surface area contributed by atoms with E-state index >= 15 is 0 Å². The molecule has 128 valence electrons. The average molecular weight is 355 g/mol. The number of nitrogens with one attached hydrogen (secondary N) is 1. The van der Waals surface area contributed by atoms with E-state index in [-0.39, 0.29) is 11.2 Å². The predicted molar refractivity (Wildman–Crippen MR) is 94.8 cm³/mol. The number of benzene rings is 1. The van der Waals surface area contributed by atoms with Gasteiger partial charge in [-0.05, 0) is 13.0 Å². The number of nitrogens with zero attached hydrogens (tertiary/aromatic N) is 4. The number of hydrogen-bond acceptors (Lipinski definition) is 6. The van der Waals surface area contributed by atoms with Crippen molar-refractivity contribution in [1.82, 2.24) is 20.1 Å². The molecule has 0 saturated heterocycles. The molecule has 0 bridgehead atoms. The summed E-state index contributed by atoms with van der Waals surface area (Å²) < 4.78 is 5.72. The van der Waals surface area contributed by atoms with Crippen LogP contribution in [0.3, 0.4) is 0 Å². The number of rotatable bonds is 6.